The highest BCUT2D eigenvalue weighted by Gasteiger charge is 2.45. The zero-order chi connectivity index (χ0) is 31.1. The van der Waals surface area contributed by atoms with Gasteiger partial charge in [0.05, 0.1) is 36.0 Å². The molecule has 13 heteroatoms. The van der Waals surface area contributed by atoms with Crippen LogP contribution in [0, 0.1) is 5.41 Å². The van der Waals surface area contributed by atoms with Crippen molar-refractivity contribution in [3.05, 3.63) is 59.2 Å². The Labute approximate surface area is 255 Å². The fourth-order valence-corrected chi connectivity index (χ4v) is 8.60. The smallest absolute Gasteiger partial charge is 0.380 e. The van der Waals surface area contributed by atoms with Gasteiger partial charge in [0.1, 0.15) is 12.0 Å². The van der Waals surface area contributed by atoms with Crippen molar-refractivity contribution in [2.24, 2.45) is 12.5 Å². The van der Waals surface area contributed by atoms with E-state index in [1.165, 1.54) is 23.9 Å². The number of aryl methyl sites for hydroxylation is 1. The molecule has 0 bridgehead atoms. The van der Waals surface area contributed by atoms with Crippen LogP contribution < -0.4 is 10.6 Å². The van der Waals surface area contributed by atoms with Crippen molar-refractivity contribution < 1.29 is 23.0 Å². The average molecular weight is 627 g/mol. The highest BCUT2D eigenvalue weighted by Crippen LogP contribution is 2.52. The minimum atomic E-state index is -4.70. The molecule has 1 unspecified atom stereocenters. The first kappa shape index (κ1) is 29.3. The summed E-state index contributed by atoms with van der Waals surface area (Å²) in [6, 6.07) is 6.07. The van der Waals surface area contributed by atoms with Crippen molar-refractivity contribution in [2.45, 2.75) is 49.8 Å². The largest absolute Gasteiger partial charge is 0.417 e. The van der Waals surface area contributed by atoms with Crippen LogP contribution >= 0.6 is 11.8 Å². The van der Waals surface area contributed by atoms with Gasteiger partial charge in [0.15, 0.2) is 0 Å². The Morgan fingerprint density at radius 1 is 1.20 bits per heavy atom. The van der Waals surface area contributed by atoms with Gasteiger partial charge in [-0.1, -0.05) is 24.8 Å². The first-order valence-electron chi connectivity index (χ1n) is 14.6. The number of rotatable bonds is 4. The number of para-hydroxylation sites is 1. The monoisotopic (exact) mass is 626 g/mol. The molecule has 0 aliphatic carbocycles. The van der Waals surface area contributed by atoms with E-state index in [9.17, 15) is 9.90 Å². The third-order valence-electron chi connectivity index (χ3n) is 9.17. The van der Waals surface area contributed by atoms with Crippen LogP contribution in [0.5, 0.6) is 0 Å². The summed E-state index contributed by atoms with van der Waals surface area (Å²) < 4.78 is 54.4. The molecule has 0 amide bonds. The number of benzene rings is 2. The minimum absolute atomic E-state index is 0.0486. The second kappa shape index (κ2) is 10.3. The number of hydrogen-bond donors (Lipinski definition) is 1. The van der Waals surface area contributed by atoms with Gasteiger partial charge in [0.25, 0.3) is 0 Å². The van der Waals surface area contributed by atoms with E-state index < -0.39 is 23.7 Å². The summed E-state index contributed by atoms with van der Waals surface area (Å²) >= 11 is 1.36. The fourth-order valence-electron chi connectivity index (χ4n) is 7.17. The van der Waals surface area contributed by atoms with Crippen LogP contribution in [0.4, 0.5) is 19.0 Å². The summed E-state index contributed by atoms with van der Waals surface area (Å²) in [5, 5.41) is 15.9. The number of halogens is 3. The van der Waals surface area contributed by atoms with Gasteiger partial charge < -0.3 is 14.7 Å². The van der Waals surface area contributed by atoms with E-state index in [0.29, 0.717) is 60.1 Å². The van der Waals surface area contributed by atoms with E-state index in [0.717, 1.165) is 5.39 Å². The number of hydrogen-bond acceptors (Lipinski definition) is 8. The fraction of sp³-hybridized carbons (Fsp3) is 0.452. The van der Waals surface area contributed by atoms with Crippen molar-refractivity contribution in [3.63, 3.8) is 0 Å². The van der Waals surface area contributed by atoms with Gasteiger partial charge in [0.2, 0.25) is 0 Å². The third-order valence-corrected chi connectivity index (χ3v) is 10.6. The molecule has 7 rings (SSSR count). The Hall–Kier alpha value is -3.39. The van der Waals surface area contributed by atoms with E-state index in [1.54, 1.807) is 34.6 Å². The van der Waals surface area contributed by atoms with Gasteiger partial charge in [0, 0.05) is 76.7 Å². The second-order valence-electron chi connectivity index (χ2n) is 12.3. The number of aromatic nitrogens is 4. The molecule has 2 aromatic heterocycles. The molecule has 5 heterocycles. The quantitative estimate of drug-likeness (QED) is 0.332. The Balaban J connectivity index is 1.54. The molecule has 0 radical (unpaired) electrons. The van der Waals surface area contributed by atoms with Crippen LogP contribution in [0.15, 0.2) is 52.8 Å². The van der Waals surface area contributed by atoms with Gasteiger partial charge in [-0.05, 0) is 26.0 Å². The van der Waals surface area contributed by atoms with Gasteiger partial charge in [-0.2, -0.15) is 23.3 Å². The molecule has 3 aliphatic rings. The van der Waals surface area contributed by atoms with Crippen molar-refractivity contribution >= 4 is 39.4 Å². The maximum atomic E-state index is 15.2. The summed E-state index contributed by atoms with van der Waals surface area (Å²) in [6.45, 7) is 9.44. The summed E-state index contributed by atoms with van der Waals surface area (Å²) in [7, 11) is 1.72. The van der Waals surface area contributed by atoms with Crippen molar-refractivity contribution in [3.8, 4) is 11.1 Å². The highest BCUT2D eigenvalue weighted by molar-refractivity contribution is 7.99. The zero-order valence-corrected chi connectivity index (χ0v) is 25.5. The van der Waals surface area contributed by atoms with Gasteiger partial charge in [-0.25, -0.2) is 4.79 Å². The Kier molecular flexibility index (Phi) is 6.88. The number of thioether (sulfide) groups is 1. The number of piperazine rings is 1. The maximum Gasteiger partial charge on any atom is 0.417 e. The molecule has 2 saturated heterocycles. The van der Waals surface area contributed by atoms with Gasteiger partial charge in [-0.3, -0.25) is 14.1 Å². The first-order chi connectivity index (χ1) is 20.9. The van der Waals surface area contributed by atoms with Crippen LogP contribution in [0.3, 0.4) is 0 Å². The molecule has 2 aromatic carbocycles. The molecule has 2 fully saturated rings. The van der Waals surface area contributed by atoms with Crippen LogP contribution in [0.1, 0.15) is 19.4 Å². The molecular formula is C31H33F3N6O3S. The van der Waals surface area contributed by atoms with E-state index >= 15 is 13.2 Å². The Morgan fingerprint density at radius 3 is 2.57 bits per heavy atom. The van der Waals surface area contributed by atoms with E-state index in [2.05, 4.69) is 16.7 Å². The first-order valence-corrected chi connectivity index (χ1v) is 15.5. The SMILES string of the molecule is C=CC(O)N1[C@H](C)CN(c2nc(=O)n3c4c(c(-c5cccc6cnn(C)c56)c(C(F)(F)F)cc24)SCC2(COC2)C3)C[C@@H]1C. The number of nitrogens with zero attached hydrogens (tertiary/aromatic N) is 6. The number of anilines is 1. The van der Waals surface area contributed by atoms with Gasteiger partial charge >= 0.3 is 11.9 Å². The lowest BCUT2D eigenvalue weighted by Gasteiger charge is -2.46. The molecule has 9 nitrogen and oxygen atoms in total. The number of alkyl halides is 3. The van der Waals surface area contributed by atoms with Gasteiger partial charge in [-0.15, -0.1) is 11.8 Å². The molecule has 1 spiro atoms. The van der Waals surface area contributed by atoms with Crippen molar-refractivity contribution in [1.82, 2.24) is 24.2 Å². The number of aliphatic hydroxyl groups is 1. The van der Waals surface area contributed by atoms with Crippen LogP contribution in [0.2, 0.25) is 0 Å². The molecular weight excluding hydrogens is 593 g/mol. The standard InChI is InChI=1S/C31H33F3N6O3S/c1-5-23(41)40-17(2)11-38(12-18(40)3)28-21-9-22(31(32,33)34)24(20-8-6-7-19-10-35-37(4)25(19)20)27-26(21)39(29(42)36-28)13-30(16-44-27)14-43-15-30/h5-10,17-18,23,41H,1,11-16H2,2-4H3/t17-,18+,23?. The Bertz CT molecular complexity index is 1850. The van der Waals surface area contributed by atoms with E-state index in [4.69, 9.17) is 4.74 Å². The summed E-state index contributed by atoms with van der Waals surface area (Å²) in [5.74, 6) is 0.728. The molecule has 4 aromatic rings. The lowest BCUT2D eigenvalue weighted by molar-refractivity contribution is -0.137. The Morgan fingerprint density at radius 2 is 1.93 bits per heavy atom. The predicted octanol–water partition coefficient (Wildman–Crippen LogP) is 4.49. The predicted molar refractivity (Wildman–Crippen MR) is 164 cm³/mol. The third kappa shape index (κ3) is 4.46. The number of ether oxygens (including phenoxy) is 1. The number of fused-ring (bicyclic) bond motifs is 1. The lowest BCUT2D eigenvalue weighted by Crippen LogP contribution is -2.60. The van der Waals surface area contributed by atoms with Crippen LogP contribution in [-0.2, 0) is 24.5 Å². The van der Waals surface area contributed by atoms with Crippen LogP contribution in [0.25, 0.3) is 32.9 Å². The van der Waals surface area contributed by atoms with E-state index in [1.807, 2.05) is 29.7 Å². The lowest BCUT2D eigenvalue weighted by atomic mass is 9.88. The normalized spacial score (nSPS) is 22.8. The maximum absolute atomic E-state index is 15.2. The molecule has 3 aliphatic heterocycles. The molecule has 0 saturated carbocycles. The van der Waals surface area contributed by atoms with Crippen molar-refractivity contribution in [1.29, 1.82) is 0 Å². The minimum Gasteiger partial charge on any atom is -0.380 e. The van der Waals surface area contributed by atoms with E-state index in [-0.39, 0.29) is 34.3 Å². The molecule has 1 N–H and O–H groups in total. The molecule has 44 heavy (non-hydrogen) atoms. The molecule has 3 atom stereocenters. The average Bonchev–Trinajstić information content (AvgIpc) is 3.23. The highest BCUT2D eigenvalue weighted by atomic mass is 32.2. The summed E-state index contributed by atoms with van der Waals surface area (Å²) in [5.41, 5.74) is -0.155. The summed E-state index contributed by atoms with van der Waals surface area (Å²) in [4.78, 5) is 22.6. The van der Waals surface area contributed by atoms with Crippen LogP contribution in [-0.4, -0.2) is 79.7 Å². The topological polar surface area (TPSA) is 88.7 Å². The second-order valence-corrected chi connectivity index (χ2v) is 13.3. The number of aliphatic hydroxyl groups excluding tert-OH is 1. The van der Waals surface area contributed by atoms with Crippen molar-refractivity contribution in [2.75, 3.05) is 37.0 Å². The zero-order valence-electron chi connectivity index (χ0n) is 24.6. The molecule has 232 valence electrons. The summed E-state index contributed by atoms with van der Waals surface area (Å²) in [6.07, 6.45) is -2.47.